The van der Waals surface area contributed by atoms with E-state index in [-0.39, 0.29) is 30.6 Å². The van der Waals surface area contributed by atoms with Gasteiger partial charge in [-0.1, -0.05) is 35.5 Å². The van der Waals surface area contributed by atoms with Crippen molar-refractivity contribution in [2.24, 2.45) is 0 Å². The highest BCUT2D eigenvalue weighted by Gasteiger charge is 2.21. The Balaban J connectivity index is 2.10. The van der Waals surface area contributed by atoms with Gasteiger partial charge in [-0.15, -0.1) is 0 Å². The van der Waals surface area contributed by atoms with Crippen LogP contribution in [-0.4, -0.2) is 55.8 Å². The molecule has 0 aliphatic rings. The van der Waals surface area contributed by atoms with E-state index in [2.05, 4.69) is 9.89 Å². The third-order valence-electron chi connectivity index (χ3n) is 3.46. The fourth-order valence-corrected chi connectivity index (χ4v) is 2.12. The standard InChI is InChI=1S/C17H20N2O5/c1-22-11-10-19(9-8-16(20)23-2)17(21)15-12-14(18-24-15)13-6-4-3-5-7-13/h3-7,12H,8-11H2,1-2H3. The first-order valence-corrected chi connectivity index (χ1v) is 7.53. The molecule has 0 atom stereocenters. The number of carbonyl (C=O) groups excluding carboxylic acids is 2. The van der Waals surface area contributed by atoms with Crippen molar-refractivity contribution >= 4 is 11.9 Å². The number of nitrogens with zero attached hydrogens (tertiary/aromatic N) is 2. The average molecular weight is 332 g/mol. The summed E-state index contributed by atoms with van der Waals surface area (Å²) < 4.78 is 14.8. The number of methoxy groups -OCH3 is 2. The van der Waals surface area contributed by atoms with Gasteiger partial charge in [-0.3, -0.25) is 9.59 Å². The van der Waals surface area contributed by atoms with Crippen LogP contribution in [0.1, 0.15) is 17.0 Å². The Labute approximate surface area is 140 Å². The van der Waals surface area contributed by atoms with Crippen molar-refractivity contribution in [3.63, 3.8) is 0 Å². The van der Waals surface area contributed by atoms with E-state index < -0.39 is 0 Å². The van der Waals surface area contributed by atoms with Gasteiger partial charge in [0.1, 0.15) is 5.69 Å². The lowest BCUT2D eigenvalue weighted by atomic mass is 10.1. The number of ether oxygens (including phenoxy) is 2. The van der Waals surface area contributed by atoms with Crippen LogP contribution in [0.5, 0.6) is 0 Å². The molecule has 1 heterocycles. The van der Waals surface area contributed by atoms with Crippen molar-refractivity contribution in [3.8, 4) is 11.3 Å². The fraction of sp³-hybridized carbons (Fsp3) is 0.353. The molecule has 2 aromatic rings. The van der Waals surface area contributed by atoms with Crippen molar-refractivity contribution in [2.75, 3.05) is 33.9 Å². The highest BCUT2D eigenvalue weighted by atomic mass is 16.5. The summed E-state index contributed by atoms with van der Waals surface area (Å²) >= 11 is 0. The van der Waals surface area contributed by atoms with Gasteiger partial charge in [0.05, 0.1) is 20.1 Å². The Kier molecular flexibility index (Phi) is 6.51. The molecule has 0 bridgehead atoms. The molecule has 0 saturated carbocycles. The number of benzene rings is 1. The minimum absolute atomic E-state index is 0.103. The summed E-state index contributed by atoms with van der Waals surface area (Å²) in [5.74, 6) is -0.604. The maximum Gasteiger partial charge on any atom is 0.307 e. The Morgan fingerprint density at radius 3 is 2.58 bits per heavy atom. The highest BCUT2D eigenvalue weighted by molar-refractivity contribution is 5.92. The second-order valence-corrected chi connectivity index (χ2v) is 5.05. The van der Waals surface area contributed by atoms with Gasteiger partial charge in [-0.25, -0.2) is 0 Å². The topological polar surface area (TPSA) is 81.9 Å². The lowest BCUT2D eigenvalue weighted by Crippen LogP contribution is -2.35. The Morgan fingerprint density at radius 1 is 1.17 bits per heavy atom. The van der Waals surface area contributed by atoms with Crippen LogP contribution in [0.4, 0.5) is 0 Å². The first-order valence-electron chi connectivity index (χ1n) is 7.53. The summed E-state index contributed by atoms with van der Waals surface area (Å²) in [6.07, 6.45) is 0.103. The van der Waals surface area contributed by atoms with E-state index in [0.29, 0.717) is 18.8 Å². The molecule has 2 rings (SSSR count). The van der Waals surface area contributed by atoms with Gasteiger partial charge in [0.25, 0.3) is 5.91 Å². The Hall–Kier alpha value is -2.67. The normalized spacial score (nSPS) is 10.4. The largest absolute Gasteiger partial charge is 0.469 e. The predicted octanol–water partition coefficient (Wildman–Crippen LogP) is 1.99. The second kappa shape index (κ2) is 8.83. The highest BCUT2D eigenvalue weighted by Crippen LogP contribution is 2.19. The average Bonchev–Trinajstić information content (AvgIpc) is 3.12. The molecule has 1 amide bonds. The first-order chi connectivity index (χ1) is 11.7. The predicted molar refractivity (Wildman–Crippen MR) is 86.4 cm³/mol. The zero-order chi connectivity index (χ0) is 17.4. The van der Waals surface area contributed by atoms with Gasteiger partial charge >= 0.3 is 5.97 Å². The van der Waals surface area contributed by atoms with E-state index in [1.807, 2.05) is 30.3 Å². The van der Waals surface area contributed by atoms with E-state index in [0.717, 1.165) is 5.56 Å². The molecule has 24 heavy (non-hydrogen) atoms. The van der Waals surface area contributed by atoms with Crippen molar-refractivity contribution in [1.82, 2.24) is 10.1 Å². The van der Waals surface area contributed by atoms with E-state index in [1.165, 1.54) is 12.0 Å². The van der Waals surface area contributed by atoms with Gasteiger partial charge in [-0.2, -0.15) is 0 Å². The molecule has 1 aromatic carbocycles. The summed E-state index contributed by atoms with van der Waals surface area (Å²) in [6.45, 7) is 0.913. The maximum atomic E-state index is 12.6. The van der Waals surface area contributed by atoms with Crippen molar-refractivity contribution < 1.29 is 23.6 Å². The monoisotopic (exact) mass is 332 g/mol. The smallest absolute Gasteiger partial charge is 0.307 e. The quantitative estimate of drug-likeness (QED) is 0.688. The van der Waals surface area contributed by atoms with Crippen molar-refractivity contribution in [1.29, 1.82) is 0 Å². The van der Waals surface area contributed by atoms with Crippen LogP contribution in [0.25, 0.3) is 11.3 Å². The molecule has 0 fully saturated rings. The first kappa shape index (κ1) is 17.7. The molecule has 0 radical (unpaired) electrons. The SMILES string of the molecule is COCCN(CCC(=O)OC)C(=O)c1cc(-c2ccccc2)no1. The zero-order valence-corrected chi connectivity index (χ0v) is 13.7. The second-order valence-electron chi connectivity index (χ2n) is 5.05. The Bertz CT molecular complexity index is 669. The van der Waals surface area contributed by atoms with Gasteiger partial charge in [0, 0.05) is 31.8 Å². The van der Waals surface area contributed by atoms with Gasteiger partial charge in [0.2, 0.25) is 5.76 Å². The summed E-state index contributed by atoms with van der Waals surface area (Å²) in [5, 5.41) is 3.94. The van der Waals surface area contributed by atoms with Crippen LogP contribution >= 0.6 is 0 Å². The van der Waals surface area contributed by atoms with Crippen LogP contribution in [0.2, 0.25) is 0 Å². The van der Waals surface area contributed by atoms with Crippen LogP contribution < -0.4 is 0 Å². The maximum absolute atomic E-state index is 12.6. The van der Waals surface area contributed by atoms with Crippen LogP contribution in [0.15, 0.2) is 40.9 Å². The Morgan fingerprint density at radius 2 is 1.92 bits per heavy atom. The number of carbonyl (C=O) groups is 2. The van der Waals surface area contributed by atoms with E-state index in [4.69, 9.17) is 9.26 Å². The lowest BCUT2D eigenvalue weighted by molar-refractivity contribution is -0.140. The molecule has 0 N–H and O–H groups in total. The van der Waals surface area contributed by atoms with Gasteiger partial charge in [-0.05, 0) is 0 Å². The van der Waals surface area contributed by atoms with E-state index >= 15 is 0 Å². The van der Waals surface area contributed by atoms with E-state index in [9.17, 15) is 9.59 Å². The minimum atomic E-state index is -0.382. The molecular weight excluding hydrogens is 312 g/mol. The van der Waals surface area contributed by atoms with Crippen molar-refractivity contribution in [3.05, 3.63) is 42.2 Å². The summed E-state index contributed by atoms with van der Waals surface area (Å²) in [4.78, 5) is 25.4. The number of esters is 1. The summed E-state index contributed by atoms with van der Waals surface area (Å²) in [6, 6.07) is 11.0. The van der Waals surface area contributed by atoms with Gasteiger partial charge < -0.3 is 18.9 Å². The molecule has 1 aromatic heterocycles. The van der Waals surface area contributed by atoms with Gasteiger partial charge in [0.15, 0.2) is 0 Å². The van der Waals surface area contributed by atoms with E-state index in [1.54, 1.807) is 13.2 Å². The molecule has 0 spiro atoms. The molecule has 0 unspecified atom stereocenters. The number of amides is 1. The molecule has 7 nitrogen and oxygen atoms in total. The molecule has 0 aliphatic heterocycles. The third-order valence-corrected chi connectivity index (χ3v) is 3.46. The molecular formula is C17H20N2O5. The molecule has 0 aliphatic carbocycles. The number of rotatable bonds is 8. The van der Waals surface area contributed by atoms with Crippen LogP contribution in [0.3, 0.4) is 0 Å². The third kappa shape index (κ3) is 4.66. The zero-order valence-electron chi connectivity index (χ0n) is 13.7. The van der Waals surface area contributed by atoms with Crippen LogP contribution in [-0.2, 0) is 14.3 Å². The molecule has 0 saturated heterocycles. The number of hydrogen-bond acceptors (Lipinski definition) is 6. The number of aromatic nitrogens is 1. The number of hydrogen-bond donors (Lipinski definition) is 0. The fourth-order valence-electron chi connectivity index (χ4n) is 2.12. The van der Waals surface area contributed by atoms with Crippen LogP contribution in [0, 0.1) is 0 Å². The summed E-state index contributed by atoms with van der Waals surface area (Å²) in [7, 11) is 2.86. The molecule has 128 valence electrons. The summed E-state index contributed by atoms with van der Waals surface area (Å²) in [5.41, 5.74) is 1.44. The van der Waals surface area contributed by atoms with Crippen molar-refractivity contribution in [2.45, 2.75) is 6.42 Å². The minimum Gasteiger partial charge on any atom is -0.469 e. The molecule has 7 heteroatoms. The lowest BCUT2D eigenvalue weighted by Gasteiger charge is -2.20.